The summed E-state index contributed by atoms with van der Waals surface area (Å²) < 4.78 is 40.1. The number of halogens is 4. The Kier molecular flexibility index (Phi) is 4.13. The van der Waals surface area contributed by atoms with E-state index in [1.165, 1.54) is 12.4 Å². The molecule has 2 heterocycles. The molecule has 0 aliphatic heterocycles. The molecule has 9 heteroatoms. The minimum absolute atomic E-state index is 0.0155. The molecule has 122 valence electrons. The van der Waals surface area contributed by atoms with Gasteiger partial charge in [-0.2, -0.15) is 18.3 Å². The lowest BCUT2D eigenvalue weighted by Crippen LogP contribution is -2.21. The van der Waals surface area contributed by atoms with Gasteiger partial charge in [-0.05, 0) is 40.9 Å². The van der Waals surface area contributed by atoms with Crippen LogP contribution in [0.5, 0.6) is 0 Å². The molecule has 5 nitrogen and oxygen atoms in total. The summed E-state index contributed by atoms with van der Waals surface area (Å²) in [5.41, 5.74) is -0.0291. The quantitative estimate of drug-likeness (QED) is 0.870. The van der Waals surface area contributed by atoms with Crippen LogP contribution in [0.4, 0.5) is 18.9 Å². The lowest BCUT2D eigenvalue weighted by atomic mass is 10.2. The molecule has 1 saturated carbocycles. The molecular weight excluding hydrogens is 377 g/mol. The van der Waals surface area contributed by atoms with E-state index < -0.39 is 17.8 Å². The zero-order valence-electron chi connectivity index (χ0n) is 11.8. The molecular formula is C14H12BrF3N4O. The standard InChI is InChI=1S/C14H12BrF3N4O/c15-11-12(8-1-2-8)22(21-13(11)14(16,17)18)7-10(23)20-9-3-5-19-6-4-9/h3-6,8H,1-2,7H2,(H,19,20,23). The van der Waals surface area contributed by atoms with Crippen LogP contribution < -0.4 is 5.32 Å². The van der Waals surface area contributed by atoms with Crippen LogP contribution in [-0.2, 0) is 17.5 Å². The maximum atomic E-state index is 13.0. The first kappa shape index (κ1) is 16.0. The van der Waals surface area contributed by atoms with Crippen LogP contribution in [0.2, 0.25) is 0 Å². The number of hydrogen-bond acceptors (Lipinski definition) is 3. The fourth-order valence-electron chi connectivity index (χ4n) is 2.27. The molecule has 0 radical (unpaired) electrons. The molecule has 0 saturated heterocycles. The lowest BCUT2D eigenvalue weighted by Gasteiger charge is -2.08. The highest BCUT2D eigenvalue weighted by atomic mass is 79.9. The van der Waals surface area contributed by atoms with Gasteiger partial charge in [-0.1, -0.05) is 0 Å². The van der Waals surface area contributed by atoms with Crippen molar-refractivity contribution in [2.24, 2.45) is 0 Å². The zero-order chi connectivity index (χ0) is 16.6. The molecule has 0 atom stereocenters. The Morgan fingerprint density at radius 1 is 1.35 bits per heavy atom. The third-order valence-corrected chi connectivity index (χ3v) is 4.20. The van der Waals surface area contributed by atoms with Gasteiger partial charge in [0.1, 0.15) is 6.54 Å². The number of nitrogens with zero attached hydrogens (tertiary/aromatic N) is 3. The van der Waals surface area contributed by atoms with Gasteiger partial charge < -0.3 is 5.32 Å². The smallest absolute Gasteiger partial charge is 0.324 e. The number of anilines is 1. The molecule has 1 amide bonds. The molecule has 0 aromatic carbocycles. The van der Waals surface area contributed by atoms with Gasteiger partial charge in [0, 0.05) is 24.0 Å². The Morgan fingerprint density at radius 3 is 2.57 bits per heavy atom. The fourth-order valence-corrected chi connectivity index (χ4v) is 3.11. The summed E-state index contributed by atoms with van der Waals surface area (Å²) in [4.78, 5) is 15.9. The van der Waals surface area contributed by atoms with E-state index in [4.69, 9.17) is 0 Å². The maximum absolute atomic E-state index is 13.0. The predicted octanol–water partition coefficient (Wildman–Crippen LogP) is 3.58. The van der Waals surface area contributed by atoms with E-state index in [0.29, 0.717) is 11.4 Å². The fraction of sp³-hybridized carbons (Fsp3) is 0.357. The first-order valence-electron chi connectivity index (χ1n) is 6.89. The van der Waals surface area contributed by atoms with Crippen LogP contribution in [0.1, 0.15) is 30.1 Å². The number of aromatic nitrogens is 3. The van der Waals surface area contributed by atoms with Crippen molar-refractivity contribution in [3.8, 4) is 0 Å². The molecule has 1 aliphatic rings. The molecule has 0 bridgehead atoms. The van der Waals surface area contributed by atoms with E-state index in [-0.39, 0.29) is 16.9 Å². The number of nitrogens with one attached hydrogen (secondary N) is 1. The molecule has 1 N–H and O–H groups in total. The second-order valence-electron chi connectivity index (χ2n) is 5.26. The van der Waals surface area contributed by atoms with Crippen LogP contribution >= 0.6 is 15.9 Å². The Morgan fingerprint density at radius 2 is 2.00 bits per heavy atom. The topological polar surface area (TPSA) is 59.8 Å². The molecule has 1 fully saturated rings. The van der Waals surface area contributed by atoms with E-state index in [1.54, 1.807) is 12.1 Å². The highest BCUT2D eigenvalue weighted by molar-refractivity contribution is 9.10. The monoisotopic (exact) mass is 388 g/mol. The van der Waals surface area contributed by atoms with Gasteiger partial charge in [0.25, 0.3) is 0 Å². The number of alkyl halides is 3. The van der Waals surface area contributed by atoms with Gasteiger partial charge >= 0.3 is 6.18 Å². The molecule has 3 rings (SSSR count). The summed E-state index contributed by atoms with van der Waals surface area (Å²) in [6.07, 6.45) is 0.0609. The van der Waals surface area contributed by atoms with E-state index in [2.05, 4.69) is 31.3 Å². The van der Waals surface area contributed by atoms with Crippen molar-refractivity contribution in [2.45, 2.75) is 31.5 Å². The van der Waals surface area contributed by atoms with Crippen LogP contribution in [0, 0.1) is 0 Å². The van der Waals surface area contributed by atoms with Gasteiger partial charge in [-0.3, -0.25) is 14.5 Å². The minimum Gasteiger partial charge on any atom is -0.324 e. The van der Waals surface area contributed by atoms with Crippen molar-refractivity contribution in [3.63, 3.8) is 0 Å². The van der Waals surface area contributed by atoms with Gasteiger partial charge in [0.2, 0.25) is 5.91 Å². The van der Waals surface area contributed by atoms with Crippen LogP contribution in [0.3, 0.4) is 0 Å². The summed E-state index contributed by atoms with van der Waals surface area (Å²) >= 11 is 2.99. The normalized spacial score (nSPS) is 14.8. The minimum atomic E-state index is -4.56. The van der Waals surface area contributed by atoms with Crippen molar-refractivity contribution >= 4 is 27.5 Å². The van der Waals surface area contributed by atoms with Crippen LogP contribution in [0.25, 0.3) is 0 Å². The van der Waals surface area contributed by atoms with E-state index >= 15 is 0 Å². The summed E-state index contributed by atoms with van der Waals surface area (Å²) in [6.45, 7) is -0.275. The molecule has 23 heavy (non-hydrogen) atoms. The second kappa shape index (κ2) is 5.95. The van der Waals surface area contributed by atoms with E-state index in [9.17, 15) is 18.0 Å². The van der Waals surface area contributed by atoms with Gasteiger partial charge in [0.05, 0.1) is 10.2 Å². The number of hydrogen-bond donors (Lipinski definition) is 1. The predicted molar refractivity (Wildman–Crippen MR) is 79.8 cm³/mol. The Hall–Kier alpha value is -1.90. The highest BCUT2D eigenvalue weighted by Crippen LogP contribution is 2.46. The Labute approximate surface area is 138 Å². The summed E-state index contributed by atoms with van der Waals surface area (Å²) in [7, 11) is 0. The number of carbonyl (C=O) groups excluding carboxylic acids is 1. The maximum Gasteiger partial charge on any atom is 0.436 e. The third-order valence-electron chi connectivity index (χ3n) is 3.42. The Bertz CT molecular complexity index is 726. The molecule has 2 aromatic rings. The summed E-state index contributed by atoms with van der Waals surface area (Å²) in [6, 6.07) is 3.19. The van der Waals surface area contributed by atoms with Crippen LogP contribution in [0.15, 0.2) is 29.0 Å². The summed E-state index contributed by atoms with van der Waals surface area (Å²) in [5.74, 6) is -0.427. The number of amides is 1. The van der Waals surface area contributed by atoms with E-state index in [1.807, 2.05) is 0 Å². The van der Waals surface area contributed by atoms with Gasteiger partial charge in [-0.15, -0.1) is 0 Å². The molecule has 0 unspecified atom stereocenters. The van der Waals surface area contributed by atoms with E-state index in [0.717, 1.165) is 17.5 Å². The number of carbonyl (C=O) groups is 1. The largest absolute Gasteiger partial charge is 0.436 e. The van der Waals surface area contributed by atoms with Gasteiger partial charge in [-0.25, -0.2) is 0 Å². The average molecular weight is 389 g/mol. The van der Waals surface area contributed by atoms with Crippen molar-refractivity contribution in [1.82, 2.24) is 14.8 Å². The summed E-state index contributed by atoms with van der Waals surface area (Å²) in [5, 5.41) is 6.20. The number of rotatable bonds is 4. The van der Waals surface area contributed by atoms with Crippen molar-refractivity contribution in [1.29, 1.82) is 0 Å². The SMILES string of the molecule is O=C(Cn1nc(C(F)(F)F)c(Br)c1C1CC1)Nc1ccncc1. The Balaban J connectivity index is 1.83. The second-order valence-corrected chi connectivity index (χ2v) is 6.05. The average Bonchev–Trinajstić information content (AvgIpc) is 3.24. The molecule has 0 spiro atoms. The first-order valence-corrected chi connectivity index (χ1v) is 7.69. The third kappa shape index (κ3) is 3.54. The van der Waals surface area contributed by atoms with Crippen molar-refractivity contribution in [3.05, 3.63) is 40.4 Å². The van der Waals surface area contributed by atoms with Gasteiger partial charge in [0.15, 0.2) is 5.69 Å². The lowest BCUT2D eigenvalue weighted by molar-refractivity contribution is -0.142. The molecule has 2 aromatic heterocycles. The highest BCUT2D eigenvalue weighted by Gasteiger charge is 2.41. The van der Waals surface area contributed by atoms with Crippen molar-refractivity contribution in [2.75, 3.05) is 5.32 Å². The first-order chi connectivity index (χ1) is 10.9. The van der Waals surface area contributed by atoms with Crippen LogP contribution in [-0.4, -0.2) is 20.7 Å². The molecule has 1 aliphatic carbocycles. The van der Waals surface area contributed by atoms with Crippen molar-refractivity contribution < 1.29 is 18.0 Å². The zero-order valence-corrected chi connectivity index (χ0v) is 13.4. The number of pyridine rings is 1.